The van der Waals surface area contributed by atoms with Crippen LogP contribution in [-0.4, -0.2) is 25.0 Å². The third kappa shape index (κ3) is 2.36. The zero-order chi connectivity index (χ0) is 9.80. The maximum atomic E-state index is 2.45. The highest BCUT2D eigenvalue weighted by molar-refractivity contribution is 5.33. The van der Waals surface area contributed by atoms with Gasteiger partial charge in [-0.1, -0.05) is 30.4 Å². The molecule has 1 unspecified atom stereocenters. The molecule has 1 aliphatic heterocycles. The first-order chi connectivity index (χ1) is 6.86. The Bertz CT molecular complexity index is 273. The van der Waals surface area contributed by atoms with Gasteiger partial charge < -0.3 is 4.90 Å². The highest BCUT2D eigenvalue weighted by atomic mass is 15.1. The molecule has 0 amide bonds. The summed E-state index contributed by atoms with van der Waals surface area (Å²) in [6.45, 7) is 2.42. The predicted molar refractivity (Wildman–Crippen MR) is 61.2 cm³/mol. The van der Waals surface area contributed by atoms with Gasteiger partial charge in [0.25, 0.3) is 0 Å². The van der Waals surface area contributed by atoms with Crippen LogP contribution in [0.2, 0.25) is 0 Å². The first kappa shape index (κ1) is 9.72. The number of allylic oxidation sites excluding steroid dienone is 4. The topological polar surface area (TPSA) is 3.24 Å². The van der Waals surface area contributed by atoms with Crippen LogP contribution in [0.1, 0.15) is 19.3 Å². The lowest BCUT2D eigenvalue weighted by molar-refractivity contribution is 0.311. The zero-order valence-corrected chi connectivity index (χ0v) is 8.95. The molecule has 0 aromatic carbocycles. The molecule has 0 N–H and O–H groups in total. The predicted octanol–water partition coefficient (Wildman–Crippen LogP) is 2.77. The van der Waals surface area contributed by atoms with E-state index in [-0.39, 0.29) is 0 Å². The van der Waals surface area contributed by atoms with Gasteiger partial charge in [0, 0.05) is 12.5 Å². The van der Waals surface area contributed by atoms with Crippen LogP contribution >= 0.6 is 0 Å². The van der Waals surface area contributed by atoms with Gasteiger partial charge in [-0.15, -0.1) is 0 Å². The zero-order valence-electron chi connectivity index (χ0n) is 8.95. The fraction of sp³-hybridized carbons (Fsp3) is 0.538. The Morgan fingerprint density at radius 1 is 1.29 bits per heavy atom. The number of hydrogen-bond acceptors (Lipinski definition) is 1. The van der Waals surface area contributed by atoms with E-state index in [0.29, 0.717) is 5.92 Å². The van der Waals surface area contributed by atoms with Crippen LogP contribution in [-0.2, 0) is 0 Å². The first-order valence-electron chi connectivity index (χ1n) is 5.60. The average molecular weight is 189 g/mol. The van der Waals surface area contributed by atoms with Gasteiger partial charge >= 0.3 is 0 Å². The monoisotopic (exact) mass is 189 g/mol. The Morgan fingerprint density at radius 2 is 2.21 bits per heavy atom. The van der Waals surface area contributed by atoms with Crippen molar-refractivity contribution in [3.63, 3.8) is 0 Å². The lowest BCUT2D eigenvalue weighted by Gasteiger charge is -2.23. The van der Waals surface area contributed by atoms with Crippen LogP contribution in [0, 0.1) is 5.92 Å². The van der Waals surface area contributed by atoms with Gasteiger partial charge in [-0.25, -0.2) is 0 Å². The highest BCUT2D eigenvalue weighted by Crippen LogP contribution is 2.22. The molecule has 2 aliphatic rings. The maximum absolute atomic E-state index is 2.45. The molecule has 2 rings (SSSR count). The summed E-state index contributed by atoms with van der Waals surface area (Å²) in [5.41, 5.74) is 1.52. The van der Waals surface area contributed by atoms with Gasteiger partial charge in [-0.05, 0) is 38.4 Å². The molecule has 0 saturated carbocycles. The summed E-state index contributed by atoms with van der Waals surface area (Å²) in [6, 6.07) is 0. The molecular formula is C13H19N. The molecule has 1 heterocycles. The molecule has 1 aliphatic carbocycles. The third-order valence-corrected chi connectivity index (χ3v) is 3.05. The van der Waals surface area contributed by atoms with E-state index in [1.54, 1.807) is 0 Å². The Hall–Kier alpha value is -0.820. The number of rotatable bonds is 0. The summed E-state index contributed by atoms with van der Waals surface area (Å²) >= 11 is 0. The summed E-state index contributed by atoms with van der Waals surface area (Å²) in [5.74, 6) is 0.628. The number of hydrogen-bond donors (Lipinski definition) is 0. The Labute approximate surface area is 86.8 Å². The molecule has 1 nitrogen and oxygen atoms in total. The fourth-order valence-corrected chi connectivity index (χ4v) is 2.21. The van der Waals surface area contributed by atoms with Crippen LogP contribution in [0.15, 0.2) is 36.0 Å². The molecule has 0 spiro atoms. The van der Waals surface area contributed by atoms with Crippen LogP contribution in [0.5, 0.6) is 0 Å². The van der Waals surface area contributed by atoms with Crippen molar-refractivity contribution in [1.29, 1.82) is 0 Å². The molecular weight excluding hydrogens is 170 g/mol. The maximum Gasteiger partial charge on any atom is 0.0145 e. The molecule has 0 aromatic rings. The normalized spacial score (nSPS) is 32.4. The minimum atomic E-state index is 0.628. The fourth-order valence-electron chi connectivity index (χ4n) is 2.21. The molecule has 1 atom stereocenters. The quantitative estimate of drug-likeness (QED) is 0.566. The van der Waals surface area contributed by atoms with E-state index in [9.17, 15) is 0 Å². The molecule has 76 valence electrons. The summed E-state index contributed by atoms with van der Waals surface area (Å²) in [6.07, 6.45) is 15.3. The van der Waals surface area contributed by atoms with Gasteiger partial charge in [0.1, 0.15) is 0 Å². The van der Waals surface area contributed by atoms with Crippen molar-refractivity contribution in [2.24, 2.45) is 5.92 Å². The van der Waals surface area contributed by atoms with E-state index in [1.807, 2.05) is 0 Å². The lowest BCUT2D eigenvalue weighted by atomic mass is 9.93. The second-order valence-electron chi connectivity index (χ2n) is 4.31. The van der Waals surface area contributed by atoms with E-state index >= 15 is 0 Å². The second kappa shape index (κ2) is 4.61. The van der Waals surface area contributed by atoms with Crippen LogP contribution in [0.3, 0.4) is 0 Å². The van der Waals surface area contributed by atoms with Crippen LogP contribution in [0.25, 0.3) is 0 Å². The number of nitrogens with zero attached hydrogens (tertiary/aromatic N) is 1. The number of fused-ring (bicyclic) bond motifs is 1. The first-order valence-corrected chi connectivity index (χ1v) is 5.60. The summed E-state index contributed by atoms with van der Waals surface area (Å²) in [7, 11) is 2.23. The van der Waals surface area contributed by atoms with Crippen molar-refractivity contribution in [2.75, 3.05) is 20.1 Å². The van der Waals surface area contributed by atoms with Gasteiger partial charge in [0.15, 0.2) is 0 Å². The largest absolute Gasteiger partial charge is 0.305 e. The Kier molecular flexibility index (Phi) is 3.20. The molecule has 0 saturated heterocycles. The van der Waals surface area contributed by atoms with Gasteiger partial charge in [0.05, 0.1) is 0 Å². The molecule has 0 aromatic heterocycles. The van der Waals surface area contributed by atoms with E-state index in [0.717, 1.165) is 0 Å². The van der Waals surface area contributed by atoms with Gasteiger partial charge in [-0.2, -0.15) is 0 Å². The average Bonchev–Trinajstić information content (AvgIpc) is 2.27. The van der Waals surface area contributed by atoms with E-state index < -0.39 is 0 Å². The van der Waals surface area contributed by atoms with E-state index in [2.05, 4.69) is 42.3 Å². The third-order valence-electron chi connectivity index (χ3n) is 3.05. The van der Waals surface area contributed by atoms with Gasteiger partial charge in [-0.3, -0.25) is 0 Å². The molecule has 14 heavy (non-hydrogen) atoms. The minimum absolute atomic E-state index is 0.628. The minimum Gasteiger partial charge on any atom is -0.305 e. The van der Waals surface area contributed by atoms with Crippen molar-refractivity contribution >= 4 is 0 Å². The smallest absolute Gasteiger partial charge is 0.0145 e. The second-order valence-corrected chi connectivity index (χ2v) is 4.31. The van der Waals surface area contributed by atoms with E-state index in [4.69, 9.17) is 0 Å². The summed E-state index contributed by atoms with van der Waals surface area (Å²) in [4.78, 5) is 2.45. The van der Waals surface area contributed by atoms with Crippen molar-refractivity contribution in [3.8, 4) is 0 Å². The Balaban J connectivity index is 2.13. The van der Waals surface area contributed by atoms with Crippen molar-refractivity contribution in [2.45, 2.75) is 19.3 Å². The van der Waals surface area contributed by atoms with Crippen LogP contribution < -0.4 is 0 Å². The molecule has 1 heteroatoms. The SMILES string of the molecule is CN1CCCC/C=C2/C=CC=CC2C1. The van der Waals surface area contributed by atoms with Crippen molar-refractivity contribution < 1.29 is 0 Å². The van der Waals surface area contributed by atoms with E-state index in [1.165, 1.54) is 37.9 Å². The summed E-state index contributed by atoms with van der Waals surface area (Å²) < 4.78 is 0. The highest BCUT2D eigenvalue weighted by Gasteiger charge is 2.14. The molecule has 0 bridgehead atoms. The molecule has 0 fully saturated rings. The van der Waals surface area contributed by atoms with Crippen molar-refractivity contribution in [1.82, 2.24) is 4.90 Å². The van der Waals surface area contributed by atoms with Gasteiger partial charge in [0.2, 0.25) is 0 Å². The standard InChI is InChI=1S/C13H19N/c1-14-10-6-2-3-7-12-8-4-5-9-13(12)11-14/h4-5,7-9,13H,2-3,6,10-11H2,1H3/b12-7-. The van der Waals surface area contributed by atoms with Crippen molar-refractivity contribution in [3.05, 3.63) is 36.0 Å². The lowest BCUT2D eigenvalue weighted by Crippen LogP contribution is -2.26. The summed E-state index contributed by atoms with van der Waals surface area (Å²) in [5, 5.41) is 0. The van der Waals surface area contributed by atoms with Crippen LogP contribution in [0.4, 0.5) is 0 Å². The molecule has 0 radical (unpaired) electrons. The Morgan fingerprint density at radius 3 is 3.14 bits per heavy atom.